The lowest BCUT2D eigenvalue weighted by Gasteiger charge is -2.24. The zero-order chi connectivity index (χ0) is 94.1. The van der Waals surface area contributed by atoms with Gasteiger partial charge in [0.1, 0.15) is 7.59 Å². The molecule has 0 atom stereocenters. The molecule has 0 saturated carbocycles. The predicted octanol–water partition coefficient (Wildman–Crippen LogP) is 11.1. The molecule has 0 fully saturated rings. The Hall–Kier alpha value is -0.328. The first-order valence-corrected chi connectivity index (χ1v) is 71.6. The summed E-state index contributed by atoms with van der Waals surface area (Å²) in [7, 11) is -17.6. The van der Waals surface area contributed by atoms with Gasteiger partial charge >= 0.3 is 40.2 Å². The molecule has 0 spiro atoms. The highest BCUT2D eigenvalue weighted by atomic mass is 29.9. The van der Waals surface area contributed by atoms with E-state index >= 15 is 0 Å². The molecule has 0 aromatic carbocycles. The van der Waals surface area contributed by atoms with Gasteiger partial charge < -0.3 is 145 Å². The van der Waals surface area contributed by atoms with Gasteiger partial charge in [0, 0.05) is 337 Å². The molecule has 0 aromatic heterocycles. The second-order valence-corrected chi connectivity index (χ2v) is 73.3. The fraction of sp³-hybridized carbons (Fsp3) is 1.00. The molecule has 33 nitrogen and oxygen atoms in total. The minimum absolute atomic E-state index is 0.371. The van der Waals surface area contributed by atoms with Gasteiger partial charge in [-0.1, -0.05) is 26.4 Å². The first-order chi connectivity index (χ1) is 62.4. The summed E-state index contributed by atoms with van der Waals surface area (Å²) in [5, 5.41) is 0. The van der Waals surface area contributed by atoms with E-state index in [2.05, 4.69) is 6.92 Å². The average Bonchev–Trinajstić information content (AvgIpc) is 0.832. The van der Waals surface area contributed by atoms with E-state index in [4.69, 9.17) is 136 Å². The van der Waals surface area contributed by atoms with Gasteiger partial charge in [-0.05, 0) is 200 Å². The van der Waals surface area contributed by atoms with E-state index in [-0.39, 0.29) is 0 Å². The normalized spacial score (nSPS) is 11.9. The molecule has 0 amide bonds. The van der Waals surface area contributed by atoms with Crippen LogP contribution in [-0.2, 0) is 154 Å². The van der Waals surface area contributed by atoms with Crippen LogP contribution in [-0.4, -0.2) is 411 Å². The summed E-state index contributed by atoms with van der Waals surface area (Å²) >= 11 is 0. The van der Waals surface area contributed by atoms with Crippen molar-refractivity contribution in [3.63, 3.8) is 0 Å². The van der Waals surface area contributed by atoms with Crippen LogP contribution in [0.1, 0.15) is 174 Å². The number of rotatable bonds is 109. The van der Waals surface area contributed by atoms with Crippen LogP contribution in [0.4, 0.5) is 0 Å². The van der Waals surface area contributed by atoms with Crippen molar-refractivity contribution in [2.75, 3.05) is 337 Å². The number of hydrogen-bond acceptors (Lipinski definition) is 33. The van der Waals surface area contributed by atoms with Gasteiger partial charge in [-0.25, -0.2) is 0 Å². The maximum absolute atomic E-state index is 12.6. The fourth-order valence-electron chi connectivity index (χ4n) is 10.4. The van der Waals surface area contributed by atoms with Crippen molar-refractivity contribution in [2.45, 2.75) is 226 Å². The number of ether oxygens (including phenoxy) is 25. The highest BCUT2D eigenvalue weighted by Crippen LogP contribution is 2.11. The molecular formula is C86H184O33Si9. The third kappa shape index (κ3) is 116. The summed E-state index contributed by atoms with van der Waals surface area (Å²) < 4.78 is 219. The SMILES string of the molecule is CCCCOCCCOCCCOCCCOCCCOCCCOCCCOCCCOCCCOCCCOCCCOCCCOCCCOCCCOCCCOCCCOCCCOCCCOCCCOCCCOCCCOCCCOCCCOCCCOCCCOC.C[Si](C)(C)OC[Si](C)(C)[Si](=O)[Si](=O)[Si](=O)[Si](=O)[SiH2]O[Si](C)(C)C.O=[Si]=O. The van der Waals surface area contributed by atoms with Crippen molar-refractivity contribution in [1.82, 2.24) is 0 Å². The topological polar surface area (TPSA) is 352 Å². The van der Waals surface area contributed by atoms with Gasteiger partial charge in [0.15, 0.2) is 16.6 Å². The molecule has 0 unspecified atom stereocenters. The van der Waals surface area contributed by atoms with Crippen molar-refractivity contribution in [1.29, 1.82) is 0 Å². The molecule has 0 saturated heterocycles. The molecule has 0 bridgehead atoms. The van der Waals surface area contributed by atoms with Crippen LogP contribution in [0.3, 0.4) is 0 Å². The first kappa shape index (κ1) is 132. The molecule has 0 aromatic rings. The molecule has 42 heteroatoms. The Labute approximate surface area is 786 Å². The van der Waals surface area contributed by atoms with E-state index in [0.717, 1.165) is 233 Å². The Morgan fingerprint density at radius 3 is 0.484 bits per heavy atom. The van der Waals surface area contributed by atoms with Crippen LogP contribution in [0.15, 0.2) is 0 Å². The highest BCUT2D eigenvalue weighted by molar-refractivity contribution is 7.68. The molecule has 0 aliphatic carbocycles. The Balaban J connectivity index is -0.00000514. The quantitative estimate of drug-likeness (QED) is 0.0403. The molecule has 0 aliphatic rings. The lowest BCUT2D eigenvalue weighted by molar-refractivity contribution is 0.0389. The number of methoxy groups -OCH3 is 1. The van der Waals surface area contributed by atoms with Crippen molar-refractivity contribution in [2.24, 2.45) is 0 Å². The molecule has 0 heterocycles. The van der Waals surface area contributed by atoms with Crippen molar-refractivity contribution in [3.8, 4) is 0 Å². The van der Waals surface area contributed by atoms with E-state index < -0.39 is 73.7 Å². The summed E-state index contributed by atoms with van der Waals surface area (Å²) in [6.07, 6.45) is 24.2. The summed E-state index contributed by atoms with van der Waals surface area (Å²) in [5.41, 5.74) is 0. The van der Waals surface area contributed by atoms with Gasteiger partial charge in [0.25, 0.3) is 0 Å². The predicted molar refractivity (Wildman–Crippen MR) is 510 cm³/mol. The van der Waals surface area contributed by atoms with Crippen LogP contribution in [0, 0.1) is 0 Å². The Bertz CT molecular complexity index is 2200. The molecule has 0 radical (unpaired) electrons. The van der Waals surface area contributed by atoms with E-state index in [9.17, 15) is 17.8 Å². The maximum atomic E-state index is 12.6. The van der Waals surface area contributed by atoms with E-state index in [0.29, 0.717) is 257 Å². The number of hydrogen-bond donors (Lipinski definition) is 0. The van der Waals surface area contributed by atoms with E-state index in [1.54, 1.807) is 7.11 Å². The molecule has 0 aliphatic heterocycles. The van der Waals surface area contributed by atoms with Crippen molar-refractivity contribution < 1.29 is 154 Å². The van der Waals surface area contributed by atoms with Gasteiger partial charge in [0.2, 0.25) is 9.28 Å². The molecule has 0 rings (SSSR count). The van der Waals surface area contributed by atoms with Crippen LogP contribution >= 0.6 is 0 Å². The van der Waals surface area contributed by atoms with Gasteiger partial charge in [-0.15, -0.1) is 0 Å². The maximum Gasteiger partial charge on any atom is 0.549 e. The summed E-state index contributed by atoms with van der Waals surface area (Å²) in [5.74, 6) is 0. The lowest BCUT2D eigenvalue weighted by Crippen LogP contribution is -2.56. The molecular weight excluding hydrogens is 1810 g/mol. The zero-order valence-corrected chi connectivity index (χ0v) is 91.3. The van der Waals surface area contributed by atoms with Gasteiger partial charge in [-0.3, -0.25) is 8.92 Å². The Morgan fingerprint density at radius 2 is 0.359 bits per heavy atom. The second-order valence-electron chi connectivity index (χ2n) is 32.7. The average molecular weight is 2000 g/mol. The smallest absolute Gasteiger partial charge is 0.457 e. The highest BCUT2D eigenvalue weighted by Gasteiger charge is 2.46. The molecule has 762 valence electrons. The van der Waals surface area contributed by atoms with Crippen molar-refractivity contribution >= 4 is 73.7 Å². The monoisotopic (exact) mass is 2000 g/mol. The van der Waals surface area contributed by atoms with Crippen LogP contribution in [0.2, 0.25) is 52.4 Å². The third-order valence-corrected chi connectivity index (χ3v) is 65.2. The second kappa shape index (κ2) is 110. The first-order valence-electron chi connectivity index (χ1n) is 48.2. The van der Waals surface area contributed by atoms with Crippen LogP contribution in [0.5, 0.6) is 0 Å². The third-order valence-electron chi connectivity index (χ3n) is 17.3. The largest absolute Gasteiger partial charge is 0.549 e. The molecule has 0 N–H and O–H groups in total. The zero-order valence-electron chi connectivity index (χ0n) is 81.9. The van der Waals surface area contributed by atoms with Gasteiger partial charge in [0.05, 0.1) is 0 Å². The fourth-order valence-corrected chi connectivity index (χ4v) is 73.8. The lowest BCUT2D eigenvalue weighted by atomic mass is 10.4. The minimum atomic E-state index is -2.79. The summed E-state index contributed by atoms with van der Waals surface area (Å²) in [4.78, 5) is 0. The minimum Gasteiger partial charge on any atom is -0.457 e. The van der Waals surface area contributed by atoms with E-state index in [1.807, 2.05) is 52.4 Å². The standard InChI is InChI=1S/C77H156O25.C9H28O6Si8.O2Si/c1-3-4-30-79-32-6-34-81-36-8-38-83-40-10-42-85-44-12-46-87-48-14-50-89-52-16-54-91-56-18-58-93-60-20-62-95-64-22-66-97-68-24-70-99-72-26-74-101-76-28-77-102-75-27-73-100-71-25-69-98-67-23-65-96-63-21-61-94-59-19-57-92-55-17-53-90-51-15-49-88-47-13-45-86-43-11-41-84-39-9-37-82-35-7-33-80-31-5-29-78-2;1-21(2,3)14-9-23(7,8)20(13)19(12)18(11)17(10)16-15-22(4,5)6;1-3-2/h3-77H2,1-2H3;9,16H2,1-8H3;. The molecule has 128 heavy (non-hydrogen) atoms. The van der Waals surface area contributed by atoms with Crippen LogP contribution < -0.4 is 0 Å². The summed E-state index contributed by atoms with van der Waals surface area (Å²) in [6.45, 7) is 52.9. The van der Waals surface area contributed by atoms with Gasteiger partial charge in [-0.2, -0.15) is 0 Å². The van der Waals surface area contributed by atoms with Crippen molar-refractivity contribution in [3.05, 3.63) is 0 Å². The Kier molecular flexibility index (Phi) is 114. The Morgan fingerprint density at radius 1 is 0.219 bits per heavy atom. The van der Waals surface area contributed by atoms with E-state index in [1.165, 1.54) is 6.42 Å². The van der Waals surface area contributed by atoms with Crippen LogP contribution in [0.25, 0.3) is 0 Å². The summed E-state index contributed by atoms with van der Waals surface area (Å²) in [6, 6.07) is 0. The number of unbranched alkanes of at least 4 members (excludes halogenated alkanes) is 1.